The van der Waals surface area contributed by atoms with Gasteiger partial charge >= 0.3 is 4.87 Å². The Kier molecular flexibility index (Phi) is 8.27. The molecule has 0 spiro atoms. The fourth-order valence-corrected chi connectivity index (χ4v) is 8.94. The van der Waals surface area contributed by atoms with Crippen LogP contribution in [0.3, 0.4) is 0 Å². The molecule has 3 heterocycles. The highest BCUT2D eigenvalue weighted by molar-refractivity contribution is 8.00. The maximum Gasteiger partial charge on any atom is 0.308 e. The van der Waals surface area contributed by atoms with E-state index in [1.165, 1.54) is 40.8 Å². The molecule has 0 radical (unpaired) electrons. The second-order valence-electron chi connectivity index (χ2n) is 11.0. The summed E-state index contributed by atoms with van der Waals surface area (Å²) in [7, 11) is 1.45. The van der Waals surface area contributed by atoms with Gasteiger partial charge < -0.3 is 15.0 Å². The van der Waals surface area contributed by atoms with Gasteiger partial charge in [0.15, 0.2) is 0 Å². The van der Waals surface area contributed by atoms with Crippen molar-refractivity contribution in [1.29, 1.82) is 0 Å². The van der Waals surface area contributed by atoms with Crippen molar-refractivity contribution in [2.24, 2.45) is 11.1 Å². The lowest BCUT2D eigenvalue weighted by Crippen LogP contribution is -2.33. The average Bonchev–Trinajstić information content (AvgIpc) is 3.47. The van der Waals surface area contributed by atoms with Crippen molar-refractivity contribution in [2.45, 2.75) is 27.6 Å². The van der Waals surface area contributed by atoms with Gasteiger partial charge in [0.05, 0.1) is 28.6 Å². The fraction of sp³-hybridized carbons (Fsp3) is 0.226. The number of rotatable bonds is 8. The zero-order chi connectivity index (χ0) is 32.9. The number of fused-ring (bicyclic) bond motifs is 2. The van der Waals surface area contributed by atoms with Crippen LogP contribution in [0.15, 0.2) is 87.5 Å². The third-order valence-corrected chi connectivity index (χ3v) is 11.4. The number of thiazole rings is 1. The summed E-state index contributed by atoms with van der Waals surface area (Å²) in [6, 6.07) is 19.6. The number of imide groups is 1. The monoisotopic (exact) mass is 679 g/mol. The number of anilines is 3. The summed E-state index contributed by atoms with van der Waals surface area (Å²) in [6.07, 6.45) is 0. The number of thioether (sulfide) groups is 1. The van der Waals surface area contributed by atoms with Crippen molar-refractivity contribution in [2.75, 3.05) is 36.3 Å². The van der Waals surface area contributed by atoms with Crippen molar-refractivity contribution in [3.05, 3.63) is 92.9 Å². The number of amides is 3. The van der Waals surface area contributed by atoms with Gasteiger partial charge in [-0.1, -0.05) is 35.2 Å². The molecule has 4 aromatic rings. The maximum absolute atomic E-state index is 14.1. The minimum absolute atomic E-state index is 0.108. The van der Waals surface area contributed by atoms with E-state index in [1.54, 1.807) is 24.3 Å². The fourth-order valence-electron chi connectivity index (χ4n) is 5.65. The predicted octanol–water partition coefficient (Wildman–Crippen LogP) is 3.07. The molecule has 0 bridgehead atoms. The number of ether oxygens (including phenoxy) is 1. The van der Waals surface area contributed by atoms with Gasteiger partial charge in [-0.05, 0) is 66.2 Å². The van der Waals surface area contributed by atoms with Gasteiger partial charge in [-0.25, -0.2) is 18.5 Å². The Labute approximate surface area is 272 Å². The van der Waals surface area contributed by atoms with Crippen LogP contribution in [0.2, 0.25) is 0 Å². The Balaban J connectivity index is 1.37. The number of nitrogens with zero attached hydrogens (tertiary/aromatic N) is 3. The zero-order valence-electron chi connectivity index (χ0n) is 24.9. The third-order valence-electron chi connectivity index (χ3n) is 7.92. The van der Waals surface area contributed by atoms with E-state index < -0.39 is 43.8 Å². The minimum Gasteiger partial charge on any atom is -0.497 e. The van der Waals surface area contributed by atoms with Gasteiger partial charge in [0.2, 0.25) is 27.7 Å². The molecule has 1 saturated heterocycles. The summed E-state index contributed by atoms with van der Waals surface area (Å²) >= 11 is 2.07. The lowest BCUT2D eigenvalue weighted by Gasteiger charge is -2.31. The van der Waals surface area contributed by atoms with E-state index in [0.29, 0.717) is 27.0 Å². The van der Waals surface area contributed by atoms with Crippen molar-refractivity contribution in [1.82, 2.24) is 4.57 Å². The van der Waals surface area contributed by atoms with Crippen LogP contribution in [0, 0.1) is 5.92 Å². The molecule has 3 amide bonds. The normalized spacial score (nSPS) is 19.0. The van der Waals surface area contributed by atoms with E-state index in [4.69, 9.17) is 9.88 Å². The van der Waals surface area contributed by atoms with E-state index in [0.717, 1.165) is 34.3 Å². The second-order valence-corrected chi connectivity index (χ2v) is 14.7. The molecule has 2 aliphatic rings. The first-order valence-electron chi connectivity index (χ1n) is 14.0. The lowest BCUT2D eigenvalue weighted by molar-refractivity contribution is -0.122. The molecule has 0 saturated carbocycles. The highest BCUT2D eigenvalue weighted by atomic mass is 32.2. The number of carbonyl (C=O) groups excluding carboxylic acids is 3. The van der Waals surface area contributed by atoms with E-state index in [9.17, 15) is 27.6 Å². The molecule has 238 valence electrons. The highest BCUT2D eigenvalue weighted by Crippen LogP contribution is 2.54. The van der Waals surface area contributed by atoms with Crippen LogP contribution >= 0.6 is 23.1 Å². The number of nitrogens with two attached hydrogens (primary N) is 1. The predicted molar refractivity (Wildman–Crippen MR) is 176 cm³/mol. The number of sulfonamides is 1. The number of hydrogen-bond donors (Lipinski definition) is 2. The Hall–Kier alpha value is -4.44. The second kappa shape index (κ2) is 12.1. The summed E-state index contributed by atoms with van der Waals surface area (Å²) in [4.78, 5) is 57.8. The van der Waals surface area contributed by atoms with Crippen LogP contribution < -0.4 is 29.9 Å². The Bertz CT molecular complexity index is 2000. The highest BCUT2D eigenvalue weighted by Gasteiger charge is 2.56. The molecule has 3 aromatic carbocycles. The van der Waals surface area contributed by atoms with Gasteiger partial charge in [-0.15, -0.1) is 0 Å². The number of benzene rings is 3. The van der Waals surface area contributed by atoms with Gasteiger partial charge in [-0.2, -0.15) is 0 Å². The van der Waals surface area contributed by atoms with Crippen LogP contribution in [0.5, 0.6) is 5.75 Å². The lowest BCUT2D eigenvalue weighted by atomic mass is 9.83. The first-order chi connectivity index (χ1) is 21.9. The molecular weight excluding hydrogens is 651 g/mol. The van der Waals surface area contributed by atoms with Gasteiger partial charge in [0, 0.05) is 36.3 Å². The smallest absolute Gasteiger partial charge is 0.308 e. The molecule has 6 rings (SSSR count). The van der Waals surface area contributed by atoms with E-state index in [-0.39, 0.29) is 17.3 Å². The summed E-state index contributed by atoms with van der Waals surface area (Å²) in [6.45, 7) is -0.359. The molecule has 15 heteroatoms. The zero-order valence-corrected chi connectivity index (χ0v) is 27.3. The number of aromatic nitrogens is 1. The quantitative estimate of drug-likeness (QED) is 0.267. The van der Waals surface area contributed by atoms with E-state index in [2.05, 4.69) is 5.32 Å². The van der Waals surface area contributed by atoms with Crippen LogP contribution in [0.1, 0.15) is 16.4 Å². The van der Waals surface area contributed by atoms with Crippen molar-refractivity contribution >= 4 is 67.9 Å². The molecule has 3 unspecified atom stereocenters. The Morgan fingerprint density at radius 2 is 1.61 bits per heavy atom. The van der Waals surface area contributed by atoms with Gasteiger partial charge in [0.1, 0.15) is 17.5 Å². The molecule has 3 atom stereocenters. The van der Waals surface area contributed by atoms with Crippen molar-refractivity contribution < 1.29 is 27.5 Å². The first kappa shape index (κ1) is 31.5. The summed E-state index contributed by atoms with van der Waals surface area (Å²) in [5, 5.41) is 7.44. The van der Waals surface area contributed by atoms with Crippen LogP contribution in [-0.2, 0) is 31.0 Å². The maximum atomic E-state index is 14.1. The molecule has 1 aromatic heterocycles. The number of nitrogens with one attached hydrogen (secondary N) is 1. The average molecular weight is 680 g/mol. The van der Waals surface area contributed by atoms with Crippen LogP contribution in [0.25, 0.3) is 0 Å². The molecule has 0 aliphatic carbocycles. The molecule has 2 aliphatic heterocycles. The van der Waals surface area contributed by atoms with E-state index in [1.807, 2.05) is 43.3 Å². The largest absolute Gasteiger partial charge is 0.497 e. The number of primary sulfonamides is 1. The molecule has 1 fully saturated rings. The van der Waals surface area contributed by atoms with Crippen molar-refractivity contribution in [3.8, 4) is 5.75 Å². The SMILES string of the molecule is COc1ccc(N2C(=O)C3Sc4c(sc(=O)n4CC(=O)Nc4ccc(S(N)(=O)=O)cc4)C(c4ccc(N(C)C)cc4)C3C2=O)cc1. The topological polar surface area (TPSA) is 161 Å². The number of hydrogen-bond acceptors (Lipinski definition) is 10. The molecule has 12 nitrogen and oxygen atoms in total. The summed E-state index contributed by atoms with van der Waals surface area (Å²) in [5.41, 5.74) is 2.44. The van der Waals surface area contributed by atoms with Gasteiger partial charge in [-0.3, -0.25) is 23.7 Å². The van der Waals surface area contributed by atoms with Gasteiger partial charge in [0.25, 0.3) is 0 Å². The summed E-state index contributed by atoms with van der Waals surface area (Å²) in [5.74, 6) is -2.11. The number of methoxy groups -OCH3 is 1. The van der Waals surface area contributed by atoms with Crippen molar-refractivity contribution in [3.63, 3.8) is 0 Å². The van der Waals surface area contributed by atoms with Crippen LogP contribution in [-0.4, -0.2) is 57.2 Å². The summed E-state index contributed by atoms with van der Waals surface area (Å²) < 4.78 is 29.7. The van der Waals surface area contributed by atoms with E-state index >= 15 is 0 Å². The third kappa shape index (κ3) is 5.70. The Morgan fingerprint density at radius 1 is 0.957 bits per heavy atom. The number of carbonyl (C=O) groups is 3. The molecule has 46 heavy (non-hydrogen) atoms. The van der Waals surface area contributed by atoms with Crippen LogP contribution in [0.4, 0.5) is 17.1 Å². The molecule has 3 N–H and O–H groups in total. The molecular formula is C31H29N5O7S3. The Morgan fingerprint density at radius 3 is 2.20 bits per heavy atom. The minimum atomic E-state index is -3.90. The standard InChI is InChI=1S/C31H29N5O7S3/c1-34(2)19-8-4-17(5-9-19)24-25-26(29(39)36(28(25)38)20-10-12-21(43-3)13-11-20)44-30-27(24)45-31(40)35(30)16-23(37)33-18-6-14-22(15-7-18)46(32,41)42/h4-15,24-26H,16H2,1-3H3,(H,33,37)(H2,32,41,42). The first-order valence-corrected chi connectivity index (χ1v) is 17.2.